The van der Waals surface area contributed by atoms with Crippen LogP contribution in [0.25, 0.3) is 16.3 Å². The predicted molar refractivity (Wildman–Crippen MR) is 206 cm³/mol. The van der Waals surface area contributed by atoms with Gasteiger partial charge in [-0.05, 0) is 56.5 Å². The molecule has 1 N–H and O–H groups in total. The fourth-order valence-electron chi connectivity index (χ4n) is 8.07. The molecule has 0 saturated carbocycles. The zero-order valence-corrected chi connectivity index (χ0v) is 32.1. The maximum atomic E-state index is 13.8. The summed E-state index contributed by atoms with van der Waals surface area (Å²) in [5.74, 6) is -0.332. The van der Waals surface area contributed by atoms with Crippen LogP contribution in [0.1, 0.15) is 77.9 Å². The number of aromatic carboxylic acids is 1. The number of benzene rings is 2. The lowest BCUT2D eigenvalue weighted by Crippen LogP contribution is -2.48. The summed E-state index contributed by atoms with van der Waals surface area (Å²) in [5, 5.41) is 12.1. The van der Waals surface area contributed by atoms with Gasteiger partial charge >= 0.3 is 12.1 Å². The highest BCUT2D eigenvalue weighted by atomic mass is 35.5. The van der Waals surface area contributed by atoms with Crippen molar-refractivity contribution in [2.24, 2.45) is 0 Å². The maximum absolute atomic E-state index is 13.8. The fourth-order valence-corrected chi connectivity index (χ4v) is 8.32. The fraction of sp³-hybridized carbons (Fsp3) is 0.475. The molecule has 1 saturated heterocycles. The van der Waals surface area contributed by atoms with Gasteiger partial charge < -0.3 is 38.8 Å². The van der Waals surface area contributed by atoms with Crippen molar-refractivity contribution in [3.63, 3.8) is 0 Å². The molecule has 0 radical (unpaired) electrons. The number of hydrogen-bond donors (Lipinski definition) is 1. The summed E-state index contributed by atoms with van der Waals surface area (Å²) >= 11 is 6.48. The Labute approximate surface area is 323 Å². The number of carboxylic acid groups (broad SMARTS) is 1. The van der Waals surface area contributed by atoms with Gasteiger partial charge in [-0.15, -0.1) is 11.6 Å². The quantitative estimate of drug-likeness (QED) is 0.141. The van der Waals surface area contributed by atoms with Crippen LogP contribution < -0.4 is 24.7 Å². The molecule has 2 aromatic carbocycles. The van der Waals surface area contributed by atoms with Crippen LogP contribution in [0.2, 0.25) is 0 Å². The molecule has 7 rings (SSSR count). The van der Waals surface area contributed by atoms with Gasteiger partial charge in [-0.3, -0.25) is 14.0 Å². The van der Waals surface area contributed by atoms with Crippen molar-refractivity contribution in [2.45, 2.75) is 57.0 Å². The van der Waals surface area contributed by atoms with Crippen molar-refractivity contribution in [2.75, 3.05) is 71.4 Å². The molecular formula is C40H46ClN5O9. The van der Waals surface area contributed by atoms with E-state index in [0.717, 1.165) is 29.4 Å². The highest BCUT2D eigenvalue weighted by Gasteiger charge is 2.35. The van der Waals surface area contributed by atoms with E-state index in [-0.39, 0.29) is 47.7 Å². The zero-order chi connectivity index (χ0) is 38.8. The van der Waals surface area contributed by atoms with Crippen molar-refractivity contribution in [3.05, 3.63) is 69.3 Å². The number of rotatable bonds is 12. The van der Waals surface area contributed by atoms with Crippen LogP contribution in [0.3, 0.4) is 0 Å². The standard InChI is InChI=1S/C40H46ClN5O9/c1-43-15-17-44(18-16-43)40(51)55-31-20-28-34(26-11-7-6-10-25(26)31)24(22-41)23-45(28)33(47)14-5-4-8-19-54-38-32(53-3)21-29-37(48)42-27-12-9-13-30(52-2)35(27)36(39(49)50)46(29)38/h6-7,10-11,20-21,24,30H,4-5,8-9,12-19,22-23H2,1-3H3,(H,49,50)/t24-,30+/m1/s1. The summed E-state index contributed by atoms with van der Waals surface area (Å²) in [7, 11) is 4.96. The molecule has 0 spiro atoms. The molecule has 1 aliphatic carbocycles. The summed E-state index contributed by atoms with van der Waals surface area (Å²) in [4.78, 5) is 63.0. The number of ether oxygens (including phenoxy) is 4. The molecule has 14 nitrogen and oxygen atoms in total. The normalized spacial score (nSPS) is 18.3. The van der Waals surface area contributed by atoms with Gasteiger partial charge in [0.05, 0.1) is 31.2 Å². The first-order valence-corrected chi connectivity index (χ1v) is 19.3. The number of unbranched alkanes of at least 4 members (excludes halogenated alkanes) is 2. The summed E-state index contributed by atoms with van der Waals surface area (Å²) in [6.45, 7) is 3.30. The first kappa shape index (κ1) is 38.4. The zero-order valence-electron chi connectivity index (χ0n) is 31.3. The Balaban J connectivity index is 1.05. The van der Waals surface area contributed by atoms with Crippen LogP contribution in [-0.4, -0.2) is 109 Å². The number of fused-ring (bicyclic) bond motifs is 5. The van der Waals surface area contributed by atoms with Gasteiger partial charge in [-0.1, -0.05) is 24.3 Å². The number of carbonyl (C=O) groups excluding carboxylic acids is 2. The van der Waals surface area contributed by atoms with Crippen molar-refractivity contribution in [3.8, 4) is 17.4 Å². The number of carbonyl (C=O) groups is 3. The Kier molecular flexibility index (Phi) is 11.5. The average Bonchev–Trinajstić information content (AvgIpc) is 3.71. The number of alkyl halides is 1. The topological polar surface area (TPSA) is 152 Å². The number of aromatic nitrogens is 2. The second-order valence-electron chi connectivity index (χ2n) is 14.3. The number of anilines is 1. The van der Waals surface area contributed by atoms with Crippen LogP contribution >= 0.6 is 11.6 Å². The molecule has 292 valence electrons. The van der Waals surface area contributed by atoms with E-state index in [9.17, 15) is 24.3 Å². The first-order valence-electron chi connectivity index (χ1n) is 18.8. The molecule has 1 fully saturated rings. The summed E-state index contributed by atoms with van der Waals surface area (Å²) in [6.07, 6.45) is 2.84. The molecule has 4 aromatic rings. The van der Waals surface area contributed by atoms with Crippen LogP contribution in [0.15, 0.2) is 41.2 Å². The first-order chi connectivity index (χ1) is 26.6. The number of nitrogens with zero attached hydrogens (tertiary/aromatic N) is 5. The van der Waals surface area contributed by atoms with E-state index in [4.69, 9.17) is 30.5 Å². The van der Waals surface area contributed by atoms with Gasteiger partial charge in [0.2, 0.25) is 11.8 Å². The number of hydrogen-bond acceptors (Lipinski definition) is 10. The highest BCUT2D eigenvalue weighted by molar-refractivity contribution is 6.19. The van der Waals surface area contributed by atoms with Gasteiger partial charge in [-0.25, -0.2) is 14.6 Å². The van der Waals surface area contributed by atoms with E-state index in [1.54, 1.807) is 15.9 Å². The maximum Gasteiger partial charge on any atom is 0.415 e. The van der Waals surface area contributed by atoms with Crippen LogP contribution in [0.5, 0.6) is 17.4 Å². The number of methoxy groups -OCH3 is 2. The predicted octanol–water partition coefficient (Wildman–Crippen LogP) is 5.63. The highest BCUT2D eigenvalue weighted by Crippen LogP contribution is 2.46. The molecule has 4 heterocycles. The lowest BCUT2D eigenvalue weighted by Gasteiger charge is -2.31. The monoisotopic (exact) mass is 775 g/mol. The smallest absolute Gasteiger partial charge is 0.415 e. The molecular weight excluding hydrogens is 730 g/mol. The molecule has 0 bridgehead atoms. The molecule has 2 aromatic heterocycles. The number of amides is 2. The Bertz CT molecular complexity index is 2180. The van der Waals surface area contributed by atoms with E-state index >= 15 is 0 Å². The van der Waals surface area contributed by atoms with E-state index in [1.165, 1.54) is 24.7 Å². The van der Waals surface area contributed by atoms with Crippen LogP contribution in [0, 0.1) is 0 Å². The molecule has 15 heteroatoms. The molecule has 3 aliphatic rings. The Morgan fingerprint density at radius 1 is 0.982 bits per heavy atom. The van der Waals surface area contributed by atoms with E-state index < -0.39 is 23.7 Å². The third-order valence-corrected chi connectivity index (χ3v) is 11.3. The summed E-state index contributed by atoms with van der Waals surface area (Å²) in [6, 6.07) is 11.0. The number of aryl methyl sites for hydroxylation is 1. The van der Waals surface area contributed by atoms with Crippen molar-refractivity contribution < 1.29 is 38.4 Å². The third kappa shape index (κ3) is 7.42. The second kappa shape index (κ2) is 16.4. The third-order valence-electron chi connectivity index (χ3n) is 10.9. The number of piperazine rings is 1. The Hall–Kier alpha value is -4.92. The van der Waals surface area contributed by atoms with Crippen molar-refractivity contribution >= 4 is 51.5 Å². The van der Waals surface area contributed by atoms with Gasteiger partial charge in [-0.2, -0.15) is 0 Å². The molecule has 2 aliphatic heterocycles. The number of likely N-dealkylation sites (N-methyl/N-ethyl adjacent to an activating group) is 1. The Morgan fingerprint density at radius 3 is 2.45 bits per heavy atom. The van der Waals surface area contributed by atoms with Crippen molar-refractivity contribution in [1.82, 2.24) is 19.2 Å². The molecule has 0 unspecified atom stereocenters. The van der Waals surface area contributed by atoms with E-state index in [0.29, 0.717) is 86.7 Å². The van der Waals surface area contributed by atoms with E-state index in [2.05, 4.69) is 9.88 Å². The van der Waals surface area contributed by atoms with Gasteiger partial charge in [0.15, 0.2) is 5.75 Å². The molecule has 55 heavy (non-hydrogen) atoms. The Morgan fingerprint density at radius 2 is 1.75 bits per heavy atom. The van der Waals surface area contributed by atoms with Crippen molar-refractivity contribution in [1.29, 1.82) is 0 Å². The van der Waals surface area contributed by atoms with Crippen LogP contribution in [0.4, 0.5) is 10.5 Å². The lowest BCUT2D eigenvalue weighted by atomic mass is 9.92. The molecule has 2 amide bonds. The second-order valence-corrected chi connectivity index (χ2v) is 14.6. The average molecular weight is 776 g/mol. The lowest BCUT2D eigenvalue weighted by molar-refractivity contribution is -0.118. The number of halogens is 1. The summed E-state index contributed by atoms with van der Waals surface area (Å²) < 4.78 is 24.6. The minimum Gasteiger partial charge on any atom is -0.491 e. The van der Waals surface area contributed by atoms with E-state index in [1.807, 2.05) is 31.3 Å². The minimum absolute atomic E-state index is 0.0327. The SMILES string of the molecule is COc1cc2c(=O)nc3c(c(C(=O)O)n2c1OCCCCCC(=O)N1C[C@@H](CCl)c2c1cc(OC(=O)N1CCN(C)CC1)c1ccccc21)[C@@H](OC)CCC3. The largest absolute Gasteiger partial charge is 0.491 e. The van der Waals surface area contributed by atoms with Crippen LogP contribution in [-0.2, 0) is 16.0 Å². The minimum atomic E-state index is -1.24. The van der Waals surface area contributed by atoms with Gasteiger partial charge in [0, 0.05) is 81.1 Å². The summed E-state index contributed by atoms with van der Waals surface area (Å²) in [5.41, 5.74) is 1.77. The molecule has 2 atom stereocenters. The number of carboxylic acids is 1. The van der Waals surface area contributed by atoms with Gasteiger partial charge in [0.1, 0.15) is 17.0 Å². The van der Waals surface area contributed by atoms with Gasteiger partial charge in [0.25, 0.3) is 5.56 Å².